The van der Waals surface area contributed by atoms with Crippen molar-refractivity contribution >= 4 is 6.29 Å². The van der Waals surface area contributed by atoms with E-state index in [1.807, 2.05) is 0 Å². The van der Waals surface area contributed by atoms with Crippen LogP contribution in [0.1, 0.15) is 39.5 Å². The molecule has 1 fully saturated rings. The third-order valence-electron chi connectivity index (χ3n) is 4.23. The van der Waals surface area contributed by atoms with Crippen LogP contribution in [0.4, 0.5) is 0 Å². The fraction of sp³-hybridized carbons (Fsp3) is 0.769. The first kappa shape index (κ1) is 9.95. The molecular weight excluding hydrogens is 172 g/mol. The monoisotopic (exact) mass is 192 g/mol. The van der Waals surface area contributed by atoms with Crippen LogP contribution in [0.25, 0.3) is 0 Å². The van der Waals surface area contributed by atoms with E-state index in [0.717, 1.165) is 12.3 Å². The number of hydrogen-bond donors (Lipinski definition) is 0. The third-order valence-corrected chi connectivity index (χ3v) is 4.23. The Morgan fingerprint density at radius 1 is 1.64 bits per heavy atom. The van der Waals surface area contributed by atoms with Gasteiger partial charge in [-0.1, -0.05) is 32.4 Å². The predicted octanol–water partition coefficient (Wildman–Crippen LogP) is 3.20. The second-order valence-corrected chi connectivity index (χ2v) is 5.25. The van der Waals surface area contributed by atoms with Gasteiger partial charge in [-0.25, -0.2) is 0 Å². The summed E-state index contributed by atoms with van der Waals surface area (Å²) in [5, 5.41) is 0. The van der Waals surface area contributed by atoms with E-state index < -0.39 is 0 Å². The SMILES string of the molecule is CCC(C)CC12C=CC(CC1C=O)C2. The smallest absolute Gasteiger partial charge is 0.123 e. The third kappa shape index (κ3) is 1.43. The van der Waals surface area contributed by atoms with Crippen LogP contribution in [0, 0.1) is 23.2 Å². The van der Waals surface area contributed by atoms with Crippen molar-refractivity contribution in [2.45, 2.75) is 39.5 Å². The van der Waals surface area contributed by atoms with Crippen LogP contribution in [-0.2, 0) is 4.79 Å². The van der Waals surface area contributed by atoms with Crippen LogP contribution in [-0.4, -0.2) is 6.29 Å². The lowest BCUT2D eigenvalue weighted by atomic mass is 9.72. The molecule has 1 nitrogen and oxygen atoms in total. The standard InChI is InChI=1S/C13H20O/c1-3-10(2)7-13-5-4-11(8-13)6-12(13)9-14/h4-5,9-12H,3,6-8H2,1-2H3. The molecule has 0 N–H and O–H groups in total. The Morgan fingerprint density at radius 2 is 2.43 bits per heavy atom. The number of carbonyl (C=O) groups excluding carboxylic acids is 1. The van der Waals surface area contributed by atoms with Gasteiger partial charge in [0.1, 0.15) is 6.29 Å². The van der Waals surface area contributed by atoms with Crippen LogP contribution in [0.5, 0.6) is 0 Å². The number of rotatable bonds is 4. The summed E-state index contributed by atoms with van der Waals surface area (Å²) in [6.45, 7) is 4.54. The molecule has 2 rings (SSSR count). The first-order valence-corrected chi connectivity index (χ1v) is 5.85. The van der Waals surface area contributed by atoms with Crippen LogP contribution >= 0.6 is 0 Å². The zero-order valence-corrected chi connectivity index (χ0v) is 9.20. The molecule has 4 unspecified atom stereocenters. The highest BCUT2D eigenvalue weighted by Gasteiger charge is 2.48. The van der Waals surface area contributed by atoms with E-state index in [4.69, 9.17) is 0 Å². The minimum absolute atomic E-state index is 0.252. The van der Waals surface area contributed by atoms with E-state index in [2.05, 4.69) is 26.0 Å². The van der Waals surface area contributed by atoms with E-state index >= 15 is 0 Å². The van der Waals surface area contributed by atoms with Crippen molar-refractivity contribution in [1.82, 2.24) is 0 Å². The molecule has 0 amide bonds. The summed E-state index contributed by atoms with van der Waals surface area (Å²) < 4.78 is 0. The van der Waals surface area contributed by atoms with Crippen LogP contribution in [0.3, 0.4) is 0 Å². The summed E-state index contributed by atoms with van der Waals surface area (Å²) >= 11 is 0. The minimum atomic E-state index is 0.252. The van der Waals surface area contributed by atoms with Gasteiger partial charge in [0.05, 0.1) is 0 Å². The van der Waals surface area contributed by atoms with E-state index in [9.17, 15) is 4.79 Å². The molecule has 1 heteroatoms. The number of allylic oxidation sites excluding steroid dienone is 2. The largest absolute Gasteiger partial charge is 0.303 e. The van der Waals surface area contributed by atoms with Gasteiger partial charge in [-0.15, -0.1) is 0 Å². The molecular formula is C13H20O. The minimum Gasteiger partial charge on any atom is -0.303 e. The average molecular weight is 192 g/mol. The maximum Gasteiger partial charge on any atom is 0.123 e. The van der Waals surface area contributed by atoms with E-state index in [1.54, 1.807) is 0 Å². The van der Waals surface area contributed by atoms with Crippen molar-refractivity contribution < 1.29 is 4.79 Å². The molecule has 2 aliphatic rings. The first-order chi connectivity index (χ1) is 6.70. The van der Waals surface area contributed by atoms with E-state index in [-0.39, 0.29) is 5.41 Å². The molecule has 0 aromatic heterocycles. The van der Waals surface area contributed by atoms with Crippen molar-refractivity contribution in [3.8, 4) is 0 Å². The molecule has 4 atom stereocenters. The van der Waals surface area contributed by atoms with Gasteiger partial charge >= 0.3 is 0 Å². The van der Waals surface area contributed by atoms with Gasteiger partial charge in [0.25, 0.3) is 0 Å². The highest BCUT2D eigenvalue weighted by Crippen LogP contribution is 2.55. The zero-order chi connectivity index (χ0) is 10.2. The summed E-state index contributed by atoms with van der Waals surface area (Å²) in [5.41, 5.74) is 0.252. The molecule has 0 saturated heterocycles. The Balaban J connectivity index is 2.12. The van der Waals surface area contributed by atoms with Crippen molar-refractivity contribution in [3.05, 3.63) is 12.2 Å². The molecule has 0 heterocycles. The molecule has 0 spiro atoms. The van der Waals surface area contributed by atoms with Crippen molar-refractivity contribution in [2.24, 2.45) is 23.2 Å². The topological polar surface area (TPSA) is 17.1 Å². The summed E-state index contributed by atoms with van der Waals surface area (Å²) in [6.07, 6.45) is 10.7. The summed E-state index contributed by atoms with van der Waals surface area (Å²) in [4.78, 5) is 11.0. The lowest BCUT2D eigenvalue weighted by Crippen LogP contribution is -2.26. The van der Waals surface area contributed by atoms with Crippen LogP contribution in [0.2, 0.25) is 0 Å². The molecule has 2 aliphatic carbocycles. The fourth-order valence-electron chi connectivity index (χ4n) is 3.24. The first-order valence-electron chi connectivity index (χ1n) is 5.85. The normalized spacial score (nSPS) is 41.6. The molecule has 0 aromatic rings. The van der Waals surface area contributed by atoms with Gasteiger partial charge < -0.3 is 4.79 Å². The molecule has 14 heavy (non-hydrogen) atoms. The quantitative estimate of drug-likeness (QED) is 0.494. The molecule has 0 aromatic carbocycles. The summed E-state index contributed by atoms with van der Waals surface area (Å²) in [6, 6.07) is 0. The van der Waals surface area contributed by atoms with Crippen molar-refractivity contribution in [2.75, 3.05) is 0 Å². The Labute approximate surface area is 86.6 Å². The summed E-state index contributed by atoms with van der Waals surface area (Å²) in [7, 11) is 0. The maximum atomic E-state index is 11.0. The molecule has 78 valence electrons. The predicted molar refractivity (Wildman–Crippen MR) is 57.9 cm³/mol. The Morgan fingerprint density at radius 3 is 3.00 bits per heavy atom. The zero-order valence-electron chi connectivity index (χ0n) is 9.20. The van der Waals surface area contributed by atoms with Gasteiger partial charge in [-0.05, 0) is 36.5 Å². The second-order valence-electron chi connectivity index (χ2n) is 5.25. The Hall–Kier alpha value is -0.590. The highest BCUT2D eigenvalue weighted by atomic mass is 16.1. The summed E-state index contributed by atoms with van der Waals surface area (Å²) in [5.74, 6) is 1.76. The van der Waals surface area contributed by atoms with Crippen LogP contribution in [0.15, 0.2) is 12.2 Å². The highest BCUT2D eigenvalue weighted by molar-refractivity contribution is 5.58. The average Bonchev–Trinajstić information content (AvgIpc) is 2.73. The van der Waals surface area contributed by atoms with Gasteiger partial charge in [0, 0.05) is 5.92 Å². The number of carbonyl (C=O) groups is 1. The number of hydrogen-bond acceptors (Lipinski definition) is 1. The van der Waals surface area contributed by atoms with Gasteiger partial charge in [0.15, 0.2) is 0 Å². The molecule has 0 aliphatic heterocycles. The van der Waals surface area contributed by atoms with Gasteiger partial charge in [0.2, 0.25) is 0 Å². The van der Waals surface area contributed by atoms with Crippen molar-refractivity contribution in [1.29, 1.82) is 0 Å². The van der Waals surface area contributed by atoms with Gasteiger partial charge in [-0.2, -0.15) is 0 Å². The lowest BCUT2D eigenvalue weighted by molar-refractivity contribution is -0.113. The second kappa shape index (κ2) is 3.52. The fourth-order valence-corrected chi connectivity index (χ4v) is 3.24. The van der Waals surface area contributed by atoms with Crippen molar-refractivity contribution in [3.63, 3.8) is 0 Å². The van der Waals surface area contributed by atoms with E-state index in [1.165, 1.54) is 25.5 Å². The van der Waals surface area contributed by atoms with E-state index in [0.29, 0.717) is 11.8 Å². The molecule has 1 saturated carbocycles. The number of aldehydes is 1. The number of fused-ring (bicyclic) bond motifs is 2. The Bertz CT molecular complexity index is 256. The van der Waals surface area contributed by atoms with Gasteiger partial charge in [-0.3, -0.25) is 0 Å². The molecule has 2 bridgehead atoms. The molecule has 0 radical (unpaired) electrons. The Kier molecular flexibility index (Phi) is 2.50. The maximum absolute atomic E-state index is 11.0. The van der Waals surface area contributed by atoms with Crippen LogP contribution < -0.4 is 0 Å². The lowest BCUT2D eigenvalue weighted by Gasteiger charge is -2.31.